The van der Waals surface area contributed by atoms with Gasteiger partial charge in [-0.2, -0.15) is 5.10 Å². The summed E-state index contributed by atoms with van der Waals surface area (Å²) in [4.78, 5) is 8.76. The number of anilines is 1. The molecule has 0 aliphatic carbocycles. The first kappa shape index (κ1) is 13.5. The zero-order chi connectivity index (χ0) is 13.8. The maximum absolute atomic E-state index is 4.50. The molecule has 0 spiro atoms. The Hall–Kier alpha value is -1.91. The van der Waals surface area contributed by atoms with Gasteiger partial charge in [-0.25, -0.2) is 9.97 Å². The van der Waals surface area contributed by atoms with E-state index in [2.05, 4.69) is 47.4 Å². The molecular formula is C14H21N5. The first-order valence-corrected chi connectivity index (χ1v) is 6.68. The van der Waals surface area contributed by atoms with Crippen LogP contribution < -0.4 is 5.32 Å². The average molecular weight is 259 g/mol. The highest BCUT2D eigenvalue weighted by atomic mass is 15.3. The molecule has 2 aromatic rings. The van der Waals surface area contributed by atoms with Crippen LogP contribution in [0.3, 0.4) is 0 Å². The van der Waals surface area contributed by atoms with Crippen LogP contribution in [-0.2, 0) is 20.0 Å². The SMILES string of the molecule is CCc1nn(C)cc1CNc1ccnc(C(C)C)n1. The minimum absolute atomic E-state index is 0.339. The van der Waals surface area contributed by atoms with Gasteiger partial charge >= 0.3 is 0 Å². The lowest BCUT2D eigenvalue weighted by atomic mass is 10.2. The Morgan fingerprint density at radius 3 is 2.84 bits per heavy atom. The predicted molar refractivity (Wildman–Crippen MR) is 76.0 cm³/mol. The van der Waals surface area contributed by atoms with Gasteiger partial charge < -0.3 is 5.32 Å². The molecule has 0 amide bonds. The van der Waals surface area contributed by atoms with E-state index in [0.29, 0.717) is 5.92 Å². The number of nitrogens with zero attached hydrogens (tertiary/aromatic N) is 4. The third-order valence-corrected chi connectivity index (χ3v) is 2.98. The highest BCUT2D eigenvalue weighted by molar-refractivity contribution is 5.35. The Bertz CT molecular complexity index is 545. The molecule has 0 saturated carbocycles. The summed E-state index contributed by atoms with van der Waals surface area (Å²) in [5.41, 5.74) is 2.35. The summed E-state index contributed by atoms with van der Waals surface area (Å²) in [7, 11) is 1.95. The molecule has 0 atom stereocenters. The zero-order valence-corrected chi connectivity index (χ0v) is 12.0. The predicted octanol–water partition coefficient (Wildman–Crippen LogP) is 2.51. The summed E-state index contributed by atoms with van der Waals surface area (Å²) in [6.07, 6.45) is 4.80. The second kappa shape index (κ2) is 5.82. The van der Waals surface area contributed by atoms with Crippen molar-refractivity contribution in [1.29, 1.82) is 0 Å². The Labute approximate surface area is 114 Å². The number of aromatic nitrogens is 4. The lowest BCUT2D eigenvalue weighted by Gasteiger charge is -2.08. The summed E-state index contributed by atoms with van der Waals surface area (Å²) in [5.74, 6) is 2.07. The third-order valence-electron chi connectivity index (χ3n) is 2.98. The van der Waals surface area contributed by atoms with Crippen molar-refractivity contribution in [2.24, 2.45) is 7.05 Å². The van der Waals surface area contributed by atoms with E-state index < -0.39 is 0 Å². The molecule has 5 heteroatoms. The van der Waals surface area contributed by atoms with Crippen molar-refractivity contribution in [3.8, 4) is 0 Å². The summed E-state index contributed by atoms with van der Waals surface area (Å²) >= 11 is 0. The van der Waals surface area contributed by atoms with E-state index in [1.807, 2.05) is 17.8 Å². The van der Waals surface area contributed by atoms with E-state index in [1.165, 1.54) is 5.56 Å². The maximum atomic E-state index is 4.50. The molecule has 0 saturated heterocycles. The van der Waals surface area contributed by atoms with Crippen LogP contribution in [0, 0.1) is 0 Å². The van der Waals surface area contributed by atoms with Gasteiger partial charge in [-0.05, 0) is 12.5 Å². The fourth-order valence-corrected chi connectivity index (χ4v) is 1.97. The van der Waals surface area contributed by atoms with Crippen molar-refractivity contribution in [3.63, 3.8) is 0 Å². The smallest absolute Gasteiger partial charge is 0.133 e. The Morgan fingerprint density at radius 1 is 1.37 bits per heavy atom. The lowest BCUT2D eigenvalue weighted by molar-refractivity contribution is 0.746. The summed E-state index contributed by atoms with van der Waals surface area (Å²) in [6.45, 7) is 7.05. The molecule has 0 aromatic carbocycles. The largest absolute Gasteiger partial charge is 0.366 e. The van der Waals surface area contributed by atoms with Crippen molar-refractivity contribution >= 4 is 5.82 Å². The molecule has 0 unspecified atom stereocenters. The fourth-order valence-electron chi connectivity index (χ4n) is 1.97. The standard InChI is InChI=1S/C14H21N5/c1-5-12-11(9-19(4)18-12)8-16-13-6-7-15-14(17-13)10(2)3/h6-7,9-10H,5,8H2,1-4H3,(H,15,16,17). The van der Waals surface area contributed by atoms with Gasteiger partial charge in [0.1, 0.15) is 11.6 Å². The summed E-state index contributed by atoms with van der Waals surface area (Å²) in [6, 6.07) is 1.90. The monoisotopic (exact) mass is 259 g/mol. The van der Waals surface area contributed by atoms with E-state index in [0.717, 1.165) is 30.3 Å². The highest BCUT2D eigenvalue weighted by Gasteiger charge is 2.07. The van der Waals surface area contributed by atoms with Gasteiger partial charge in [0, 0.05) is 37.5 Å². The third kappa shape index (κ3) is 3.30. The molecule has 102 valence electrons. The first-order valence-electron chi connectivity index (χ1n) is 6.68. The molecule has 0 aliphatic heterocycles. The second-order valence-electron chi connectivity index (χ2n) is 4.94. The molecule has 2 heterocycles. The molecule has 2 aromatic heterocycles. The second-order valence-corrected chi connectivity index (χ2v) is 4.94. The summed E-state index contributed by atoms with van der Waals surface area (Å²) in [5, 5.41) is 7.77. The van der Waals surface area contributed by atoms with E-state index in [4.69, 9.17) is 0 Å². The van der Waals surface area contributed by atoms with Crippen molar-refractivity contribution in [3.05, 3.63) is 35.5 Å². The maximum Gasteiger partial charge on any atom is 0.133 e. The first-order chi connectivity index (χ1) is 9.10. The lowest BCUT2D eigenvalue weighted by Crippen LogP contribution is -2.05. The highest BCUT2D eigenvalue weighted by Crippen LogP contribution is 2.13. The van der Waals surface area contributed by atoms with Crippen LogP contribution in [0.25, 0.3) is 0 Å². The normalized spacial score (nSPS) is 11.0. The van der Waals surface area contributed by atoms with Gasteiger partial charge in [-0.15, -0.1) is 0 Å². The molecule has 19 heavy (non-hydrogen) atoms. The quantitative estimate of drug-likeness (QED) is 0.896. The van der Waals surface area contributed by atoms with Crippen LogP contribution in [0.15, 0.2) is 18.5 Å². The van der Waals surface area contributed by atoms with Crippen LogP contribution in [0.1, 0.15) is 43.8 Å². The Kier molecular flexibility index (Phi) is 4.14. The van der Waals surface area contributed by atoms with Crippen LogP contribution >= 0.6 is 0 Å². The molecular weight excluding hydrogens is 238 g/mol. The topological polar surface area (TPSA) is 55.6 Å². The average Bonchev–Trinajstić information content (AvgIpc) is 2.77. The number of rotatable bonds is 5. The van der Waals surface area contributed by atoms with Gasteiger partial charge in [0.2, 0.25) is 0 Å². The van der Waals surface area contributed by atoms with Gasteiger partial charge in [-0.3, -0.25) is 4.68 Å². The van der Waals surface area contributed by atoms with Crippen LogP contribution in [0.2, 0.25) is 0 Å². The Morgan fingerprint density at radius 2 is 2.16 bits per heavy atom. The van der Waals surface area contributed by atoms with Crippen LogP contribution in [-0.4, -0.2) is 19.7 Å². The van der Waals surface area contributed by atoms with E-state index in [-0.39, 0.29) is 0 Å². The fraction of sp³-hybridized carbons (Fsp3) is 0.500. The molecule has 0 aliphatic rings. The van der Waals surface area contributed by atoms with Crippen molar-refractivity contribution in [1.82, 2.24) is 19.7 Å². The molecule has 0 radical (unpaired) electrons. The van der Waals surface area contributed by atoms with E-state index in [9.17, 15) is 0 Å². The number of aryl methyl sites for hydroxylation is 2. The number of hydrogen-bond acceptors (Lipinski definition) is 4. The Balaban J connectivity index is 2.07. The van der Waals surface area contributed by atoms with Crippen molar-refractivity contribution < 1.29 is 0 Å². The van der Waals surface area contributed by atoms with Crippen molar-refractivity contribution in [2.45, 2.75) is 39.7 Å². The van der Waals surface area contributed by atoms with E-state index >= 15 is 0 Å². The van der Waals surface area contributed by atoms with Gasteiger partial charge in [0.25, 0.3) is 0 Å². The van der Waals surface area contributed by atoms with E-state index in [1.54, 1.807) is 6.20 Å². The molecule has 1 N–H and O–H groups in total. The minimum atomic E-state index is 0.339. The number of hydrogen-bond donors (Lipinski definition) is 1. The molecule has 2 rings (SSSR count). The van der Waals surface area contributed by atoms with Crippen LogP contribution in [0.4, 0.5) is 5.82 Å². The number of nitrogens with one attached hydrogen (secondary N) is 1. The molecule has 0 bridgehead atoms. The van der Waals surface area contributed by atoms with Gasteiger partial charge in [-0.1, -0.05) is 20.8 Å². The van der Waals surface area contributed by atoms with Crippen molar-refractivity contribution in [2.75, 3.05) is 5.32 Å². The minimum Gasteiger partial charge on any atom is -0.366 e. The summed E-state index contributed by atoms with van der Waals surface area (Å²) < 4.78 is 1.86. The zero-order valence-electron chi connectivity index (χ0n) is 12.0. The molecule has 0 fully saturated rings. The molecule has 5 nitrogen and oxygen atoms in total. The van der Waals surface area contributed by atoms with Gasteiger partial charge in [0.15, 0.2) is 0 Å². The van der Waals surface area contributed by atoms with Gasteiger partial charge in [0.05, 0.1) is 5.69 Å². The van der Waals surface area contributed by atoms with Crippen LogP contribution in [0.5, 0.6) is 0 Å².